The molecule has 0 aliphatic heterocycles. The van der Waals surface area contributed by atoms with Gasteiger partial charge in [0.25, 0.3) is 0 Å². The van der Waals surface area contributed by atoms with E-state index in [0.717, 1.165) is 122 Å². The topological polar surface area (TPSA) is 119 Å². The van der Waals surface area contributed by atoms with Crippen LogP contribution in [0.15, 0.2) is 85.1 Å². The second kappa shape index (κ2) is 38.8. The highest BCUT2D eigenvalue weighted by Gasteiger charge is 2.19. The van der Waals surface area contributed by atoms with Crippen LogP contribution in [-0.4, -0.2) is 41.6 Å². The van der Waals surface area contributed by atoms with Gasteiger partial charge in [0.1, 0.15) is 12.1 Å². The van der Waals surface area contributed by atoms with Crippen molar-refractivity contribution in [3.05, 3.63) is 85.1 Å². The van der Waals surface area contributed by atoms with Crippen LogP contribution in [0.1, 0.15) is 162 Å². The quantitative estimate of drug-likeness (QED) is 0.0340. The lowest BCUT2D eigenvalue weighted by Gasteiger charge is -2.17. The van der Waals surface area contributed by atoms with Crippen LogP contribution in [0.3, 0.4) is 0 Å². The highest BCUT2D eigenvalue weighted by molar-refractivity contribution is 5.83. The summed E-state index contributed by atoms with van der Waals surface area (Å²) in [5.74, 6) is -1.33. The molecule has 0 aliphatic rings. The Morgan fingerprint density at radius 3 is 1.60 bits per heavy atom. The van der Waals surface area contributed by atoms with E-state index in [1.165, 1.54) is 0 Å². The van der Waals surface area contributed by atoms with Gasteiger partial charge in [0.2, 0.25) is 5.91 Å². The molecular weight excluding hydrogens is 649 g/mol. The van der Waals surface area contributed by atoms with E-state index in [1.807, 2.05) is 0 Å². The van der Waals surface area contributed by atoms with Gasteiger partial charge in [-0.05, 0) is 116 Å². The van der Waals surface area contributed by atoms with E-state index in [9.17, 15) is 19.5 Å². The molecule has 0 aromatic carbocycles. The molecule has 2 atom stereocenters. The van der Waals surface area contributed by atoms with Gasteiger partial charge in [-0.3, -0.25) is 9.59 Å². The Morgan fingerprint density at radius 1 is 0.558 bits per heavy atom. The third-order valence-corrected chi connectivity index (χ3v) is 8.46. The lowest BCUT2D eigenvalue weighted by Crippen LogP contribution is -2.40. The predicted octanol–water partition coefficient (Wildman–Crippen LogP) is 11.3. The van der Waals surface area contributed by atoms with E-state index in [-0.39, 0.29) is 18.0 Å². The highest BCUT2D eigenvalue weighted by atomic mass is 16.5. The second-order valence-electron chi connectivity index (χ2n) is 13.3. The van der Waals surface area contributed by atoms with Crippen LogP contribution in [0.2, 0.25) is 0 Å². The van der Waals surface area contributed by atoms with Gasteiger partial charge >= 0.3 is 11.9 Å². The summed E-state index contributed by atoms with van der Waals surface area (Å²) in [5.41, 5.74) is 5.48. The number of carboxylic acid groups (broad SMARTS) is 1. The van der Waals surface area contributed by atoms with Crippen molar-refractivity contribution in [2.45, 2.75) is 174 Å². The maximum atomic E-state index is 12.7. The molecule has 7 heteroatoms. The molecule has 0 aromatic heterocycles. The number of esters is 1. The molecule has 0 saturated carbocycles. The van der Waals surface area contributed by atoms with Crippen molar-refractivity contribution in [1.29, 1.82) is 0 Å². The van der Waals surface area contributed by atoms with Gasteiger partial charge in [-0.2, -0.15) is 0 Å². The van der Waals surface area contributed by atoms with Crippen molar-refractivity contribution in [3.63, 3.8) is 0 Å². The monoisotopic (exact) mass is 723 g/mol. The average Bonchev–Trinajstić information content (AvgIpc) is 3.13. The normalized spacial score (nSPS) is 13.6. The van der Waals surface area contributed by atoms with Crippen molar-refractivity contribution in [1.82, 2.24) is 5.32 Å². The maximum Gasteiger partial charge on any atom is 0.326 e. The van der Waals surface area contributed by atoms with Crippen LogP contribution in [0, 0.1) is 0 Å². The molecule has 7 nitrogen and oxygen atoms in total. The summed E-state index contributed by atoms with van der Waals surface area (Å²) in [6, 6.07) is -0.870. The standard InChI is InChI=1S/C45H74N2O5/c1-3-5-7-9-11-13-15-17-19-21-23-26-30-35-41(36-31-27-25-28-32-38-43(48)47-42(45(50)51)37-34-40-46)52-44(49)39-33-29-24-22-20-18-16-14-12-10-8-6-4-2/h5-8,11-14,17-20,23,26,41-42H,3-4,9-10,15-16,21-22,24-25,27-40,46H2,1-2H3,(H,47,48)(H,50,51)/b7-5-,8-6-,13-11-,14-12-,19-17-,20-18-,26-23-. The van der Waals surface area contributed by atoms with Crippen LogP contribution < -0.4 is 11.1 Å². The number of aliphatic carboxylic acids is 1. The number of carbonyl (C=O) groups is 3. The summed E-state index contributed by atoms with van der Waals surface area (Å²) in [6.45, 7) is 4.69. The fourth-order valence-corrected chi connectivity index (χ4v) is 5.46. The SMILES string of the molecule is CC/C=C\C/C=C\C/C=C\C/C=C\CCC(CCCCCCCC(=O)NC(CCCN)C(=O)O)OC(=O)CCCCC/C=C\C/C=C\C/C=C\CC. The van der Waals surface area contributed by atoms with E-state index in [0.29, 0.717) is 32.2 Å². The molecule has 4 N–H and O–H groups in total. The number of amides is 1. The van der Waals surface area contributed by atoms with E-state index >= 15 is 0 Å². The van der Waals surface area contributed by atoms with E-state index in [1.54, 1.807) is 0 Å². The first kappa shape index (κ1) is 48.5. The molecule has 294 valence electrons. The Bertz CT molecular complexity index is 1090. The Labute approximate surface area is 317 Å². The molecule has 1 amide bonds. The molecule has 0 spiro atoms. The van der Waals surface area contributed by atoms with Crippen molar-refractivity contribution < 1.29 is 24.2 Å². The number of ether oxygens (including phenoxy) is 1. The lowest BCUT2D eigenvalue weighted by atomic mass is 10.0. The molecule has 0 heterocycles. The molecule has 0 saturated heterocycles. The Morgan fingerprint density at radius 2 is 1.04 bits per heavy atom. The smallest absolute Gasteiger partial charge is 0.326 e. The Balaban J connectivity index is 4.54. The fraction of sp³-hybridized carbons (Fsp3) is 0.622. The van der Waals surface area contributed by atoms with E-state index in [4.69, 9.17) is 10.5 Å². The lowest BCUT2D eigenvalue weighted by molar-refractivity contribution is -0.150. The summed E-state index contributed by atoms with van der Waals surface area (Å²) >= 11 is 0. The maximum absolute atomic E-state index is 12.7. The molecule has 2 unspecified atom stereocenters. The van der Waals surface area contributed by atoms with E-state index < -0.39 is 12.0 Å². The molecule has 0 aliphatic carbocycles. The predicted molar refractivity (Wildman–Crippen MR) is 220 cm³/mol. The van der Waals surface area contributed by atoms with Gasteiger partial charge in [-0.1, -0.05) is 125 Å². The number of hydrogen-bond donors (Lipinski definition) is 3. The number of nitrogens with one attached hydrogen (secondary N) is 1. The summed E-state index contributed by atoms with van der Waals surface area (Å²) in [7, 11) is 0. The van der Waals surface area contributed by atoms with Crippen molar-refractivity contribution >= 4 is 17.8 Å². The summed E-state index contributed by atoms with van der Waals surface area (Å²) in [4.78, 5) is 36.3. The summed E-state index contributed by atoms with van der Waals surface area (Å²) < 4.78 is 5.97. The van der Waals surface area contributed by atoms with Gasteiger partial charge in [0.15, 0.2) is 0 Å². The van der Waals surface area contributed by atoms with Crippen LogP contribution >= 0.6 is 0 Å². The molecule has 0 fully saturated rings. The van der Waals surface area contributed by atoms with Crippen LogP contribution in [0.25, 0.3) is 0 Å². The Kier molecular flexibility index (Phi) is 36.2. The number of allylic oxidation sites excluding steroid dienone is 14. The first-order chi connectivity index (χ1) is 25.4. The third kappa shape index (κ3) is 35.0. The van der Waals surface area contributed by atoms with Gasteiger partial charge in [0, 0.05) is 12.8 Å². The number of unbranched alkanes of at least 4 members (excludes halogenated alkanes) is 7. The molecule has 0 radical (unpaired) electrons. The molecule has 0 aromatic rings. The molecular formula is C45H74N2O5. The highest BCUT2D eigenvalue weighted by Crippen LogP contribution is 2.17. The zero-order valence-electron chi connectivity index (χ0n) is 32.9. The minimum Gasteiger partial charge on any atom is -0.480 e. The number of hydrogen-bond acceptors (Lipinski definition) is 5. The fourth-order valence-electron chi connectivity index (χ4n) is 5.46. The van der Waals surface area contributed by atoms with Crippen molar-refractivity contribution in [2.75, 3.05) is 6.54 Å². The van der Waals surface area contributed by atoms with Gasteiger partial charge in [-0.25, -0.2) is 4.79 Å². The minimum atomic E-state index is -1.02. The zero-order chi connectivity index (χ0) is 38.2. The molecule has 0 rings (SSSR count). The molecule has 52 heavy (non-hydrogen) atoms. The summed E-state index contributed by atoms with van der Waals surface area (Å²) in [5, 5.41) is 11.9. The van der Waals surface area contributed by atoms with Gasteiger partial charge in [0.05, 0.1) is 0 Å². The minimum absolute atomic E-state index is 0.0831. The van der Waals surface area contributed by atoms with Crippen molar-refractivity contribution in [2.24, 2.45) is 5.73 Å². The van der Waals surface area contributed by atoms with Crippen LogP contribution in [0.4, 0.5) is 0 Å². The number of nitrogens with two attached hydrogens (primary N) is 1. The number of carboxylic acids is 1. The van der Waals surface area contributed by atoms with Crippen LogP contribution in [0.5, 0.6) is 0 Å². The second-order valence-corrected chi connectivity index (χ2v) is 13.3. The van der Waals surface area contributed by atoms with Gasteiger partial charge < -0.3 is 20.9 Å². The van der Waals surface area contributed by atoms with E-state index in [2.05, 4.69) is 104 Å². The third-order valence-electron chi connectivity index (χ3n) is 8.46. The number of carbonyl (C=O) groups excluding carboxylic acids is 2. The first-order valence-electron chi connectivity index (χ1n) is 20.4. The summed E-state index contributed by atoms with van der Waals surface area (Å²) in [6.07, 6.45) is 50.5. The zero-order valence-corrected chi connectivity index (χ0v) is 32.9. The number of rotatable bonds is 35. The average molecular weight is 723 g/mol. The molecule has 0 bridgehead atoms. The Hall–Kier alpha value is -3.45. The van der Waals surface area contributed by atoms with Crippen molar-refractivity contribution in [3.8, 4) is 0 Å². The van der Waals surface area contributed by atoms with Crippen LogP contribution in [-0.2, 0) is 19.1 Å². The largest absolute Gasteiger partial charge is 0.480 e. The first-order valence-corrected chi connectivity index (χ1v) is 20.4. The van der Waals surface area contributed by atoms with Gasteiger partial charge in [-0.15, -0.1) is 0 Å².